The van der Waals surface area contributed by atoms with Gasteiger partial charge >= 0.3 is 18.0 Å². The van der Waals surface area contributed by atoms with Crippen LogP contribution < -0.4 is 21.3 Å². The largest absolute Gasteiger partial charge is 0.460 e. The Morgan fingerprint density at radius 3 is 2.03 bits per heavy atom. The lowest BCUT2D eigenvalue weighted by atomic mass is 10.0. The first-order valence-corrected chi connectivity index (χ1v) is 23.4. The van der Waals surface area contributed by atoms with E-state index < -0.39 is 93.5 Å². The smallest absolute Gasteiger partial charge is 0.408 e. The van der Waals surface area contributed by atoms with Gasteiger partial charge in [0, 0.05) is 48.5 Å². The van der Waals surface area contributed by atoms with Gasteiger partial charge in [-0.25, -0.2) is 13.2 Å². The van der Waals surface area contributed by atoms with Gasteiger partial charge in [0.1, 0.15) is 35.9 Å². The molecule has 1 aliphatic heterocycles. The van der Waals surface area contributed by atoms with Crippen LogP contribution in [0, 0.1) is 5.92 Å². The average Bonchev–Trinajstić information content (AvgIpc) is 3.24. The number of morpholine rings is 1. The van der Waals surface area contributed by atoms with E-state index in [0.29, 0.717) is 16.8 Å². The summed E-state index contributed by atoms with van der Waals surface area (Å²) in [5, 5.41) is 12.4. The second-order valence-electron chi connectivity index (χ2n) is 18.2. The van der Waals surface area contributed by atoms with Gasteiger partial charge in [0.25, 0.3) is 0 Å². The topological polar surface area (TPSA) is 238 Å². The summed E-state index contributed by atoms with van der Waals surface area (Å²) in [4.78, 5) is 86.3. The van der Waals surface area contributed by atoms with Crippen molar-refractivity contribution < 1.29 is 56.1 Å². The number of alkyl carbamates (subject to hydrolysis) is 1. The van der Waals surface area contributed by atoms with Crippen LogP contribution >= 0.6 is 0 Å². The lowest BCUT2D eigenvalue weighted by molar-refractivity contribution is -0.157. The van der Waals surface area contributed by atoms with Crippen molar-refractivity contribution in [3.63, 3.8) is 0 Å². The molecule has 2 aromatic carbocycles. The molecule has 0 aliphatic carbocycles. The summed E-state index contributed by atoms with van der Waals surface area (Å²) in [6.07, 6.45) is -0.752. The molecule has 66 heavy (non-hydrogen) atoms. The van der Waals surface area contributed by atoms with E-state index in [9.17, 15) is 37.2 Å². The maximum absolute atomic E-state index is 14.4. The molecule has 0 spiro atoms. The molecule has 1 aromatic heterocycles. The Bertz CT molecular complexity index is 2290. The fourth-order valence-electron chi connectivity index (χ4n) is 6.60. The van der Waals surface area contributed by atoms with Crippen LogP contribution in [0.1, 0.15) is 85.9 Å². The molecule has 19 heteroatoms. The van der Waals surface area contributed by atoms with Crippen molar-refractivity contribution in [3.05, 3.63) is 89.5 Å². The normalized spacial score (nSPS) is 15.5. The number of hydrogen-bond acceptors (Lipinski definition) is 13. The zero-order valence-electron chi connectivity index (χ0n) is 39.0. The molecule has 2 heterocycles. The van der Waals surface area contributed by atoms with Gasteiger partial charge in [-0.15, -0.1) is 0 Å². The SMILES string of the molecule is CC(C)[C@H](NC(=O)[C@H](Cc1ccc2ccccc2n1)NC(=O)[C@H](CC(=O)OC(C)(C)C)NC(=O)OCc1ccccc1)C(=O)N[C@H](/C=C/S(=O)(=O)N1CCOCC1)CCC(=O)OC(C)(C)C. The van der Waals surface area contributed by atoms with E-state index in [-0.39, 0.29) is 52.2 Å². The van der Waals surface area contributed by atoms with Crippen molar-refractivity contribution in [3.8, 4) is 0 Å². The number of amides is 4. The monoisotopic (exact) mass is 936 g/mol. The highest BCUT2D eigenvalue weighted by Gasteiger charge is 2.34. The molecular weight excluding hydrogens is 873 g/mol. The number of pyridine rings is 1. The Morgan fingerprint density at radius 1 is 0.758 bits per heavy atom. The predicted octanol–water partition coefficient (Wildman–Crippen LogP) is 4.21. The minimum absolute atomic E-state index is 0.0410. The quantitative estimate of drug-likeness (QED) is 0.0919. The van der Waals surface area contributed by atoms with Crippen molar-refractivity contribution in [1.29, 1.82) is 0 Å². The van der Waals surface area contributed by atoms with E-state index in [1.54, 1.807) is 110 Å². The second-order valence-corrected chi connectivity index (χ2v) is 20.0. The van der Waals surface area contributed by atoms with E-state index >= 15 is 0 Å². The Kier molecular flexibility index (Phi) is 19.2. The molecule has 360 valence electrons. The molecule has 0 radical (unpaired) electrons. The lowest BCUT2D eigenvalue weighted by Crippen LogP contribution is -2.59. The van der Waals surface area contributed by atoms with Crippen molar-refractivity contribution >= 4 is 56.7 Å². The third-order valence-electron chi connectivity index (χ3n) is 9.78. The van der Waals surface area contributed by atoms with Crippen molar-refractivity contribution in [1.82, 2.24) is 30.6 Å². The molecule has 1 fully saturated rings. The number of rotatable bonds is 20. The van der Waals surface area contributed by atoms with Gasteiger partial charge in [0.2, 0.25) is 27.7 Å². The Labute approximate surface area is 387 Å². The predicted molar refractivity (Wildman–Crippen MR) is 246 cm³/mol. The number of para-hydroxylation sites is 1. The van der Waals surface area contributed by atoms with Gasteiger partial charge in [-0.2, -0.15) is 4.31 Å². The molecule has 4 N–H and O–H groups in total. The molecule has 4 rings (SSSR count). The standard InChI is InChI=1S/C47H64N6O12S/c1-31(2)41(44(58)49-34(20-21-39(54)64-46(3,4)5)22-27-66(60,61)53-23-25-62-26-24-53)52-43(57)37(28-35-19-18-33-16-12-13-17-36(33)48-35)50-42(56)38(29-40(55)65-47(6,7)8)51-45(59)63-30-32-14-10-9-11-15-32/h9-19,22,27,31,34,37-38,41H,20-21,23-26,28-30H2,1-8H3,(H,49,58)(H,50,56)(H,51,59)(H,52,57)/b27-22+/t34-,37-,38-,41-/m0/s1. The number of carbonyl (C=O) groups excluding carboxylic acids is 6. The number of aromatic nitrogens is 1. The summed E-state index contributed by atoms with van der Waals surface area (Å²) in [5.74, 6) is -4.39. The first-order valence-electron chi connectivity index (χ1n) is 21.9. The minimum Gasteiger partial charge on any atom is -0.460 e. The Balaban J connectivity index is 1.61. The van der Waals surface area contributed by atoms with Crippen LogP contribution in [0.4, 0.5) is 4.79 Å². The van der Waals surface area contributed by atoms with Crippen LogP contribution in [-0.4, -0.2) is 115 Å². The highest BCUT2D eigenvalue weighted by atomic mass is 32.2. The van der Waals surface area contributed by atoms with E-state index in [2.05, 4.69) is 26.3 Å². The first-order chi connectivity index (χ1) is 31.0. The van der Waals surface area contributed by atoms with Crippen LogP contribution in [0.3, 0.4) is 0 Å². The summed E-state index contributed by atoms with van der Waals surface area (Å²) in [7, 11) is -3.92. The van der Waals surface area contributed by atoms with Crippen LogP contribution in [-0.2, 0) is 66.0 Å². The van der Waals surface area contributed by atoms with Crippen molar-refractivity contribution in [2.24, 2.45) is 5.92 Å². The number of esters is 2. The number of nitrogens with zero attached hydrogens (tertiary/aromatic N) is 2. The highest BCUT2D eigenvalue weighted by molar-refractivity contribution is 7.92. The van der Waals surface area contributed by atoms with Gasteiger partial charge in [0.05, 0.1) is 25.2 Å². The van der Waals surface area contributed by atoms with Crippen molar-refractivity contribution in [2.45, 2.75) is 123 Å². The molecule has 3 aromatic rings. The molecule has 18 nitrogen and oxygen atoms in total. The molecule has 4 amide bonds. The summed E-state index contributed by atoms with van der Waals surface area (Å²) >= 11 is 0. The number of fused-ring (bicyclic) bond motifs is 1. The van der Waals surface area contributed by atoms with Gasteiger partial charge in [0.15, 0.2) is 0 Å². The van der Waals surface area contributed by atoms with E-state index in [4.69, 9.17) is 18.9 Å². The third kappa shape index (κ3) is 18.2. The zero-order chi connectivity index (χ0) is 48.7. The number of ether oxygens (including phenoxy) is 4. The second kappa shape index (κ2) is 24.0. The average molecular weight is 937 g/mol. The summed E-state index contributed by atoms with van der Waals surface area (Å²) in [6, 6.07) is 14.3. The van der Waals surface area contributed by atoms with Gasteiger partial charge in [-0.3, -0.25) is 29.0 Å². The maximum Gasteiger partial charge on any atom is 0.408 e. The number of benzene rings is 2. The number of nitrogens with one attached hydrogen (secondary N) is 4. The van der Waals surface area contributed by atoms with Crippen LogP contribution in [0.15, 0.2) is 78.2 Å². The molecular formula is C47H64N6O12S. The van der Waals surface area contributed by atoms with Crippen LogP contribution in [0.5, 0.6) is 0 Å². The number of sulfonamides is 1. The highest BCUT2D eigenvalue weighted by Crippen LogP contribution is 2.17. The molecule has 0 bridgehead atoms. The van der Waals surface area contributed by atoms with Crippen LogP contribution in [0.2, 0.25) is 0 Å². The maximum atomic E-state index is 14.4. The molecule has 1 saturated heterocycles. The minimum atomic E-state index is -3.92. The molecule has 0 unspecified atom stereocenters. The molecule has 0 saturated carbocycles. The fourth-order valence-corrected chi connectivity index (χ4v) is 7.82. The summed E-state index contributed by atoms with van der Waals surface area (Å²) in [5.41, 5.74) is -0.0273. The van der Waals surface area contributed by atoms with Crippen LogP contribution in [0.25, 0.3) is 10.9 Å². The fraction of sp³-hybridized carbons (Fsp3) is 0.511. The van der Waals surface area contributed by atoms with Gasteiger partial charge in [-0.1, -0.05) is 68.4 Å². The third-order valence-corrected chi connectivity index (χ3v) is 11.4. The molecule has 4 atom stereocenters. The zero-order valence-corrected chi connectivity index (χ0v) is 39.8. The lowest BCUT2D eigenvalue weighted by Gasteiger charge is -2.28. The number of carbonyl (C=O) groups is 6. The summed E-state index contributed by atoms with van der Waals surface area (Å²) < 4.78 is 49.2. The van der Waals surface area contributed by atoms with E-state index in [1.165, 1.54) is 10.4 Å². The summed E-state index contributed by atoms with van der Waals surface area (Å²) in [6.45, 7) is 14.0. The van der Waals surface area contributed by atoms with E-state index in [0.717, 1.165) is 10.8 Å². The van der Waals surface area contributed by atoms with Crippen molar-refractivity contribution in [2.75, 3.05) is 26.3 Å². The van der Waals surface area contributed by atoms with Gasteiger partial charge < -0.3 is 40.2 Å². The van der Waals surface area contributed by atoms with Gasteiger partial charge in [-0.05, 0) is 77.7 Å². The Hall–Kier alpha value is -5.92. The first kappa shape index (κ1) is 52.7. The number of hydrogen-bond donors (Lipinski definition) is 4. The molecule has 1 aliphatic rings. The van der Waals surface area contributed by atoms with E-state index in [1.807, 2.05) is 12.1 Å². The Morgan fingerprint density at radius 2 is 1.38 bits per heavy atom.